The highest BCUT2D eigenvalue weighted by atomic mass is 32.2. The molecule has 0 radical (unpaired) electrons. The van der Waals surface area contributed by atoms with Crippen molar-refractivity contribution in [1.29, 1.82) is 0 Å². The van der Waals surface area contributed by atoms with Crippen LogP contribution in [0.25, 0.3) is 0 Å². The number of methoxy groups -OCH3 is 3. The maximum Gasteiger partial charge on any atom is 0.261 e. The Labute approximate surface area is 216 Å². The first-order valence-electron chi connectivity index (χ1n) is 10.7. The normalized spacial score (nSPS) is 11.4. The lowest BCUT2D eigenvalue weighted by Crippen LogP contribution is -2.37. The standard InChI is InChI=1S/C24H27N3O8S2/c1-33-20-10-5-18(6-11-20)26-37(31,32)21-12-7-17(8-13-21)25-24(28)16-27(36(4,29)30)19-9-14-22(34-2)23(15-19)35-3/h5-15,26H,16H2,1-4H3,(H,25,28). The number of rotatable bonds is 11. The summed E-state index contributed by atoms with van der Waals surface area (Å²) in [6, 6.07) is 16.3. The van der Waals surface area contributed by atoms with Crippen LogP contribution >= 0.6 is 0 Å². The summed E-state index contributed by atoms with van der Waals surface area (Å²) in [7, 11) is -3.34. The molecule has 3 aromatic rings. The molecule has 0 spiro atoms. The average molecular weight is 550 g/mol. The highest BCUT2D eigenvalue weighted by Gasteiger charge is 2.23. The van der Waals surface area contributed by atoms with E-state index < -0.39 is 32.5 Å². The second-order valence-electron chi connectivity index (χ2n) is 7.72. The van der Waals surface area contributed by atoms with Gasteiger partial charge in [-0.15, -0.1) is 0 Å². The van der Waals surface area contributed by atoms with E-state index >= 15 is 0 Å². The van der Waals surface area contributed by atoms with Crippen molar-refractivity contribution in [3.05, 3.63) is 66.7 Å². The van der Waals surface area contributed by atoms with Gasteiger partial charge in [-0.05, 0) is 60.7 Å². The van der Waals surface area contributed by atoms with Gasteiger partial charge in [0.2, 0.25) is 15.9 Å². The third-order valence-corrected chi connectivity index (χ3v) is 7.67. The molecule has 3 rings (SSSR count). The molecule has 2 N–H and O–H groups in total. The first-order valence-corrected chi connectivity index (χ1v) is 14.1. The average Bonchev–Trinajstić information content (AvgIpc) is 2.86. The molecule has 1 amide bonds. The Bertz CT molecular complexity index is 1460. The maximum absolute atomic E-state index is 12.7. The molecule has 0 saturated carbocycles. The Kier molecular flexibility index (Phi) is 8.50. The maximum atomic E-state index is 12.7. The number of nitrogens with zero attached hydrogens (tertiary/aromatic N) is 1. The SMILES string of the molecule is COc1ccc(NS(=O)(=O)c2ccc(NC(=O)CN(c3ccc(OC)c(OC)c3)S(C)(=O)=O)cc2)cc1. The number of nitrogens with one attached hydrogen (secondary N) is 2. The van der Waals surface area contributed by atoms with Crippen molar-refractivity contribution < 1.29 is 35.8 Å². The molecule has 0 bridgehead atoms. The van der Waals surface area contributed by atoms with Gasteiger partial charge in [0.05, 0.1) is 38.2 Å². The fourth-order valence-corrected chi connectivity index (χ4v) is 5.21. The molecule has 37 heavy (non-hydrogen) atoms. The summed E-state index contributed by atoms with van der Waals surface area (Å²) < 4.78 is 69.0. The second-order valence-corrected chi connectivity index (χ2v) is 11.3. The van der Waals surface area contributed by atoms with Crippen LogP contribution in [-0.2, 0) is 24.8 Å². The van der Waals surface area contributed by atoms with E-state index in [1.165, 1.54) is 63.8 Å². The quantitative estimate of drug-likeness (QED) is 0.372. The Balaban J connectivity index is 1.72. The van der Waals surface area contributed by atoms with Crippen molar-refractivity contribution in [3.63, 3.8) is 0 Å². The number of carbonyl (C=O) groups excluding carboxylic acids is 1. The predicted octanol–water partition coefficient (Wildman–Crippen LogP) is 2.92. The number of amides is 1. The summed E-state index contributed by atoms with van der Waals surface area (Å²) in [6.07, 6.45) is 0.979. The molecule has 0 unspecified atom stereocenters. The Morgan fingerprint density at radius 3 is 1.92 bits per heavy atom. The topological polar surface area (TPSA) is 140 Å². The van der Waals surface area contributed by atoms with Gasteiger partial charge in [0.15, 0.2) is 11.5 Å². The number of ether oxygens (including phenoxy) is 3. The van der Waals surface area contributed by atoms with E-state index in [4.69, 9.17) is 14.2 Å². The van der Waals surface area contributed by atoms with Crippen LogP contribution in [0.15, 0.2) is 71.6 Å². The fraction of sp³-hybridized carbons (Fsp3) is 0.208. The van der Waals surface area contributed by atoms with Crippen LogP contribution in [0.1, 0.15) is 0 Å². The summed E-state index contributed by atoms with van der Waals surface area (Å²) in [4.78, 5) is 12.7. The summed E-state index contributed by atoms with van der Waals surface area (Å²) in [5.41, 5.74) is 0.852. The van der Waals surface area contributed by atoms with Gasteiger partial charge in [-0.1, -0.05) is 0 Å². The third kappa shape index (κ3) is 7.05. The number of anilines is 3. The van der Waals surface area contributed by atoms with Gasteiger partial charge in [0.1, 0.15) is 12.3 Å². The molecule has 3 aromatic carbocycles. The third-order valence-electron chi connectivity index (χ3n) is 5.13. The minimum Gasteiger partial charge on any atom is -0.497 e. The van der Waals surface area contributed by atoms with Crippen LogP contribution in [0, 0.1) is 0 Å². The monoisotopic (exact) mass is 549 g/mol. The first kappa shape index (κ1) is 27.6. The van der Waals surface area contributed by atoms with Crippen molar-refractivity contribution in [2.75, 3.05) is 48.5 Å². The highest BCUT2D eigenvalue weighted by molar-refractivity contribution is 7.92. The van der Waals surface area contributed by atoms with Crippen LogP contribution in [0.4, 0.5) is 17.1 Å². The van der Waals surface area contributed by atoms with Gasteiger partial charge in [-0.2, -0.15) is 0 Å². The number of hydrogen-bond acceptors (Lipinski definition) is 8. The van der Waals surface area contributed by atoms with Crippen LogP contribution in [0.5, 0.6) is 17.2 Å². The van der Waals surface area contributed by atoms with Gasteiger partial charge >= 0.3 is 0 Å². The van der Waals surface area contributed by atoms with E-state index in [1.807, 2.05) is 0 Å². The number of benzene rings is 3. The minimum absolute atomic E-state index is 0.0237. The van der Waals surface area contributed by atoms with E-state index in [2.05, 4.69) is 10.0 Å². The van der Waals surface area contributed by atoms with Crippen molar-refractivity contribution in [3.8, 4) is 17.2 Å². The molecule has 0 aromatic heterocycles. The molecule has 0 aliphatic carbocycles. The Morgan fingerprint density at radius 1 is 0.784 bits per heavy atom. The predicted molar refractivity (Wildman–Crippen MR) is 141 cm³/mol. The summed E-state index contributed by atoms with van der Waals surface area (Å²) in [6.45, 7) is -0.520. The van der Waals surface area contributed by atoms with Crippen molar-refractivity contribution in [2.24, 2.45) is 0 Å². The molecule has 0 aliphatic rings. The van der Waals surface area contributed by atoms with Crippen LogP contribution in [-0.4, -0.2) is 56.9 Å². The summed E-state index contributed by atoms with van der Waals surface area (Å²) in [5.74, 6) is 0.658. The van der Waals surface area contributed by atoms with E-state index in [0.717, 1.165) is 10.6 Å². The molecule has 0 fully saturated rings. The van der Waals surface area contributed by atoms with Crippen LogP contribution < -0.4 is 28.6 Å². The summed E-state index contributed by atoms with van der Waals surface area (Å²) in [5, 5.41) is 2.58. The molecular formula is C24H27N3O8S2. The first-order chi connectivity index (χ1) is 17.5. The van der Waals surface area contributed by atoms with Gasteiger partial charge in [-0.25, -0.2) is 16.8 Å². The van der Waals surface area contributed by atoms with E-state index in [1.54, 1.807) is 24.3 Å². The zero-order valence-corrected chi connectivity index (χ0v) is 22.2. The number of carbonyl (C=O) groups is 1. The fourth-order valence-electron chi connectivity index (χ4n) is 3.30. The number of hydrogen-bond donors (Lipinski definition) is 2. The molecule has 198 valence electrons. The van der Waals surface area contributed by atoms with E-state index in [0.29, 0.717) is 22.9 Å². The molecule has 0 atom stereocenters. The molecule has 11 nitrogen and oxygen atoms in total. The molecular weight excluding hydrogens is 522 g/mol. The van der Waals surface area contributed by atoms with Gasteiger partial charge < -0.3 is 19.5 Å². The largest absolute Gasteiger partial charge is 0.497 e. The van der Waals surface area contributed by atoms with Crippen LogP contribution in [0.2, 0.25) is 0 Å². The Hall–Kier alpha value is -3.97. The van der Waals surface area contributed by atoms with Gasteiger partial charge in [-0.3, -0.25) is 13.8 Å². The summed E-state index contributed by atoms with van der Waals surface area (Å²) >= 11 is 0. The van der Waals surface area contributed by atoms with Gasteiger partial charge in [0, 0.05) is 17.4 Å². The van der Waals surface area contributed by atoms with Crippen molar-refractivity contribution in [2.45, 2.75) is 4.90 Å². The Morgan fingerprint density at radius 2 is 1.38 bits per heavy atom. The molecule has 0 saturated heterocycles. The van der Waals surface area contributed by atoms with Crippen molar-refractivity contribution >= 4 is 43.0 Å². The lowest BCUT2D eigenvalue weighted by molar-refractivity contribution is -0.114. The minimum atomic E-state index is -3.88. The number of sulfonamides is 2. The smallest absolute Gasteiger partial charge is 0.261 e. The second kappa shape index (κ2) is 11.4. The van der Waals surface area contributed by atoms with E-state index in [9.17, 15) is 21.6 Å². The highest BCUT2D eigenvalue weighted by Crippen LogP contribution is 2.32. The van der Waals surface area contributed by atoms with E-state index in [-0.39, 0.29) is 16.3 Å². The van der Waals surface area contributed by atoms with Crippen LogP contribution in [0.3, 0.4) is 0 Å². The zero-order chi connectivity index (χ0) is 27.2. The zero-order valence-electron chi connectivity index (χ0n) is 20.6. The van der Waals surface area contributed by atoms with Crippen molar-refractivity contribution in [1.82, 2.24) is 0 Å². The lowest BCUT2D eigenvalue weighted by Gasteiger charge is -2.23. The van der Waals surface area contributed by atoms with Gasteiger partial charge in [0.25, 0.3) is 10.0 Å². The molecule has 0 aliphatic heterocycles. The molecule has 13 heteroatoms. The molecule has 0 heterocycles. The lowest BCUT2D eigenvalue weighted by atomic mass is 10.2.